The lowest BCUT2D eigenvalue weighted by Gasteiger charge is -2.07. The molecule has 0 radical (unpaired) electrons. The molecule has 5 heteroatoms. The maximum atomic E-state index is 12.1. The molecule has 0 unspecified atom stereocenters. The molecule has 0 saturated heterocycles. The predicted molar refractivity (Wildman–Crippen MR) is 82.2 cm³/mol. The lowest BCUT2D eigenvalue weighted by molar-refractivity contribution is 0.0733. The van der Waals surface area contributed by atoms with Gasteiger partial charge < -0.3 is 9.57 Å². The fourth-order valence-electron chi connectivity index (χ4n) is 1.70. The van der Waals surface area contributed by atoms with Gasteiger partial charge in [-0.2, -0.15) is 0 Å². The molecule has 0 spiro atoms. The molecule has 2 aromatic carbocycles. The second-order valence-electron chi connectivity index (χ2n) is 4.34. The third kappa shape index (κ3) is 4.07. The second-order valence-corrected chi connectivity index (χ2v) is 4.77. The normalized spacial score (nSPS) is 10.6. The van der Waals surface area contributed by atoms with E-state index in [4.69, 9.17) is 16.3 Å². The highest BCUT2D eigenvalue weighted by molar-refractivity contribution is 6.30. The molecule has 0 bridgehead atoms. The van der Waals surface area contributed by atoms with Crippen LogP contribution in [0.1, 0.15) is 21.5 Å². The first-order valence-corrected chi connectivity index (χ1v) is 6.63. The number of hydrogen-bond acceptors (Lipinski definition) is 4. The van der Waals surface area contributed by atoms with Crippen LogP contribution in [0.4, 0.5) is 0 Å². The number of benzene rings is 2. The van der Waals surface area contributed by atoms with Crippen LogP contribution in [0, 0.1) is 6.92 Å². The van der Waals surface area contributed by atoms with Gasteiger partial charge in [-0.1, -0.05) is 28.9 Å². The average molecular weight is 304 g/mol. The lowest BCUT2D eigenvalue weighted by atomic mass is 10.1. The van der Waals surface area contributed by atoms with Crippen molar-refractivity contribution in [2.24, 2.45) is 5.16 Å². The first-order valence-electron chi connectivity index (χ1n) is 6.25. The second kappa shape index (κ2) is 6.90. The molecule has 2 aromatic rings. The third-order valence-electron chi connectivity index (χ3n) is 2.79. The first kappa shape index (κ1) is 15.1. The zero-order valence-corrected chi connectivity index (χ0v) is 12.4. The van der Waals surface area contributed by atoms with Crippen LogP contribution in [0.25, 0.3) is 0 Å². The van der Waals surface area contributed by atoms with Gasteiger partial charge in [0.15, 0.2) is 0 Å². The molecule has 0 aromatic heterocycles. The van der Waals surface area contributed by atoms with Gasteiger partial charge in [0.05, 0.1) is 11.8 Å². The minimum Gasteiger partial charge on any atom is -0.423 e. The summed E-state index contributed by atoms with van der Waals surface area (Å²) >= 11 is 5.87. The van der Waals surface area contributed by atoms with Gasteiger partial charge in [0.2, 0.25) is 0 Å². The maximum absolute atomic E-state index is 12.1. The number of carbonyl (C=O) groups is 1. The van der Waals surface area contributed by atoms with Gasteiger partial charge in [0, 0.05) is 5.02 Å². The van der Waals surface area contributed by atoms with Crippen molar-refractivity contribution in [1.82, 2.24) is 0 Å². The van der Waals surface area contributed by atoms with Gasteiger partial charge in [0.1, 0.15) is 12.9 Å². The van der Waals surface area contributed by atoms with Gasteiger partial charge in [0.25, 0.3) is 0 Å². The standard InChI is InChI=1S/C16H14ClNO3/c1-11-9-14(17)7-8-15(11)21-16(19)13-5-3-12(4-6-13)10-18-20-2/h3-10H,1-2H3/b18-10+. The molecule has 2 rings (SSSR count). The minimum absolute atomic E-state index is 0.421. The summed E-state index contributed by atoms with van der Waals surface area (Å²) in [6, 6.07) is 12.0. The number of aryl methyl sites for hydroxylation is 1. The largest absolute Gasteiger partial charge is 0.423 e. The Balaban J connectivity index is 2.11. The number of carbonyl (C=O) groups excluding carboxylic acids is 1. The Kier molecular flexibility index (Phi) is 4.95. The molecule has 0 aliphatic rings. The first-order chi connectivity index (χ1) is 10.1. The molecule has 0 amide bonds. The monoisotopic (exact) mass is 303 g/mol. The van der Waals surface area contributed by atoms with E-state index in [-0.39, 0.29) is 0 Å². The number of ether oxygens (including phenoxy) is 1. The average Bonchev–Trinajstić information content (AvgIpc) is 2.48. The van der Waals surface area contributed by atoms with Crippen molar-refractivity contribution in [3.63, 3.8) is 0 Å². The number of halogens is 1. The topological polar surface area (TPSA) is 47.9 Å². The van der Waals surface area contributed by atoms with E-state index >= 15 is 0 Å². The highest BCUT2D eigenvalue weighted by Gasteiger charge is 2.10. The van der Waals surface area contributed by atoms with Crippen molar-refractivity contribution in [1.29, 1.82) is 0 Å². The van der Waals surface area contributed by atoms with Crippen LogP contribution < -0.4 is 4.74 Å². The van der Waals surface area contributed by atoms with Crippen molar-refractivity contribution in [2.45, 2.75) is 6.92 Å². The van der Waals surface area contributed by atoms with Crippen LogP contribution in [0.15, 0.2) is 47.6 Å². The molecule has 0 fully saturated rings. The minimum atomic E-state index is -0.421. The molecule has 0 aliphatic carbocycles. The molecule has 0 saturated carbocycles. The van der Waals surface area contributed by atoms with Crippen molar-refractivity contribution in [3.05, 3.63) is 64.2 Å². The molecule has 4 nitrogen and oxygen atoms in total. The van der Waals surface area contributed by atoms with E-state index < -0.39 is 5.97 Å². The van der Waals surface area contributed by atoms with E-state index in [2.05, 4.69) is 9.99 Å². The number of nitrogens with zero attached hydrogens (tertiary/aromatic N) is 1. The summed E-state index contributed by atoms with van der Waals surface area (Å²) in [5.41, 5.74) is 2.09. The molecular weight excluding hydrogens is 290 g/mol. The number of esters is 1. The van der Waals surface area contributed by atoms with E-state index in [9.17, 15) is 4.79 Å². The highest BCUT2D eigenvalue weighted by Crippen LogP contribution is 2.22. The summed E-state index contributed by atoms with van der Waals surface area (Å²) in [5.74, 6) is 0.0741. The summed E-state index contributed by atoms with van der Waals surface area (Å²) < 4.78 is 5.35. The van der Waals surface area contributed by atoms with Gasteiger partial charge in [-0.05, 0) is 48.4 Å². The van der Waals surface area contributed by atoms with E-state index in [1.54, 1.807) is 48.7 Å². The van der Waals surface area contributed by atoms with Gasteiger partial charge in [-0.15, -0.1) is 0 Å². The van der Waals surface area contributed by atoms with Crippen molar-refractivity contribution >= 4 is 23.8 Å². The van der Waals surface area contributed by atoms with Crippen LogP contribution >= 0.6 is 11.6 Å². The summed E-state index contributed by atoms with van der Waals surface area (Å²) in [7, 11) is 1.47. The van der Waals surface area contributed by atoms with E-state index in [1.165, 1.54) is 7.11 Å². The van der Waals surface area contributed by atoms with Crippen molar-refractivity contribution < 1.29 is 14.4 Å². The molecule has 108 valence electrons. The Hall–Kier alpha value is -2.33. The quantitative estimate of drug-likeness (QED) is 0.373. The SMILES string of the molecule is CO/N=C/c1ccc(C(=O)Oc2ccc(Cl)cc2C)cc1. The molecule has 21 heavy (non-hydrogen) atoms. The highest BCUT2D eigenvalue weighted by atomic mass is 35.5. The zero-order chi connectivity index (χ0) is 15.2. The van der Waals surface area contributed by atoms with Gasteiger partial charge in [-0.25, -0.2) is 4.79 Å². The summed E-state index contributed by atoms with van der Waals surface area (Å²) in [6.45, 7) is 1.83. The summed E-state index contributed by atoms with van der Waals surface area (Å²) in [5, 5.41) is 4.26. The van der Waals surface area contributed by atoms with E-state index in [0.29, 0.717) is 16.3 Å². The van der Waals surface area contributed by atoms with E-state index in [1.807, 2.05) is 6.92 Å². The molecule has 0 heterocycles. The van der Waals surface area contributed by atoms with Gasteiger partial charge >= 0.3 is 5.97 Å². The summed E-state index contributed by atoms with van der Waals surface area (Å²) in [4.78, 5) is 16.7. The van der Waals surface area contributed by atoms with Crippen LogP contribution in [0.2, 0.25) is 5.02 Å². The number of rotatable bonds is 4. The number of oxime groups is 1. The lowest BCUT2D eigenvalue weighted by Crippen LogP contribution is -2.09. The Bertz CT molecular complexity index is 666. The molecule has 0 aliphatic heterocycles. The van der Waals surface area contributed by atoms with Crippen LogP contribution in [-0.2, 0) is 4.84 Å². The van der Waals surface area contributed by atoms with E-state index in [0.717, 1.165) is 11.1 Å². The Morgan fingerprint density at radius 2 is 1.90 bits per heavy atom. The van der Waals surface area contributed by atoms with Crippen LogP contribution in [-0.4, -0.2) is 19.3 Å². The molecular formula is C16H14ClNO3. The number of hydrogen-bond donors (Lipinski definition) is 0. The smallest absolute Gasteiger partial charge is 0.343 e. The fraction of sp³-hybridized carbons (Fsp3) is 0.125. The van der Waals surface area contributed by atoms with Gasteiger partial charge in [-0.3, -0.25) is 0 Å². The molecule has 0 atom stereocenters. The predicted octanol–water partition coefficient (Wildman–Crippen LogP) is 3.85. The maximum Gasteiger partial charge on any atom is 0.343 e. The third-order valence-corrected chi connectivity index (χ3v) is 3.03. The Morgan fingerprint density at radius 3 is 2.52 bits per heavy atom. The van der Waals surface area contributed by atoms with Crippen molar-refractivity contribution in [2.75, 3.05) is 7.11 Å². The Labute approximate surface area is 127 Å². The van der Waals surface area contributed by atoms with Crippen molar-refractivity contribution in [3.8, 4) is 5.75 Å². The van der Waals surface area contributed by atoms with Crippen LogP contribution in [0.5, 0.6) is 5.75 Å². The fourth-order valence-corrected chi connectivity index (χ4v) is 1.93. The summed E-state index contributed by atoms with van der Waals surface area (Å²) in [6.07, 6.45) is 1.55. The molecule has 0 N–H and O–H groups in total. The Morgan fingerprint density at radius 1 is 1.19 bits per heavy atom. The van der Waals surface area contributed by atoms with Crippen LogP contribution in [0.3, 0.4) is 0 Å². The zero-order valence-electron chi connectivity index (χ0n) is 11.7.